The lowest BCUT2D eigenvalue weighted by molar-refractivity contribution is -0.139. The molecule has 0 saturated heterocycles. The minimum Gasteiger partial charge on any atom is -0.466 e. The van der Waals surface area contributed by atoms with Crippen molar-refractivity contribution in [3.05, 3.63) is 57.4 Å². The van der Waals surface area contributed by atoms with Crippen LogP contribution < -0.4 is 11.1 Å². The second-order valence-electron chi connectivity index (χ2n) is 6.47. The van der Waals surface area contributed by atoms with Crippen molar-refractivity contribution in [2.45, 2.75) is 39.0 Å². The summed E-state index contributed by atoms with van der Waals surface area (Å²) >= 11 is 6.45. The van der Waals surface area contributed by atoms with Gasteiger partial charge in [-0.25, -0.2) is 9.59 Å². The highest BCUT2D eigenvalue weighted by Gasteiger charge is 2.39. The van der Waals surface area contributed by atoms with Crippen molar-refractivity contribution in [1.82, 2.24) is 5.32 Å². The van der Waals surface area contributed by atoms with E-state index >= 15 is 0 Å². The molecule has 0 spiro atoms. The maximum atomic E-state index is 12.9. The Bertz CT molecular complexity index is 801. The molecule has 1 heterocycles. The van der Waals surface area contributed by atoms with Crippen molar-refractivity contribution >= 4 is 23.5 Å². The molecule has 1 aromatic rings. The van der Waals surface area contributed by atoms with E-state index in [0.717, 1.165) is 18.5 Å². The van der Waals surface area contributed by atoms with E-state index in [1.54, 1.807) is 26.0 Å². The minimum absolute atomic E-state index is 0.226. The zero-order valence-electron chi connectivity index (χ0n) is 16.5. The Morgan fingerprint density at radius 3 is 2.50 bits per heavy atom. The normalized spacial score (nSPS) is 16.7. The molecule has 28 heavy (non-hydrogen) atoms. The molecule has 0 fully saturated rings. The Morgan fingerprint density at radius 1 is 1.18 bits per heavy atom. The van der Waals surface area contributed by atoms with Gasteiger partial charge in [0.05, 0.1) is 30.8 Å². The highest BCUT2D eigenvalue weighted by molar-refractivity contribution is 6.31. The number of ether oxygens (including phenoxy) is 2. The zero-order chi connectivity index (χ0) is 20.7. The molecule has 0 aromatic heterocycles. The van der Waals surface area contributed by atoms with Gasteiger partial charge < -0.3 is 20.5 Å². The number of allylic oxidation sites excluding steroid dienone is 2. The Balaban J connectivity index is 2.67. The molecule has 7 heteroatoms. The standard InChI is InChI=1S/C21H27ClN2O4/c1-4-28-21(26)19-16(11-7-8-12-23)24-13(2)17(20(25)27-3)18(19)14-9-5-6-10-15(14)22/h5-6,9-10,18,24H,4,7-8,11-12,23H2,1-3H3. The van der Waals surface area contributed by atoms with Crippen molar-refractivity contribution in [3.63, 3.8) is 0 Å². The number of nitrogens with one attached hydrogen (secondary N) is 1. The van der Waals surface area contributed by atoms with Crippen LogP contribution in [0.5, 0.6) is 0 Å². The van der Waals surface area contributed by atoms with E-state index in [9.17, 15) is 9.59 Å². The summed E-state index contributed by atoms with van der Waals surface area (Å²) in [6.45, 7) is 4.33. The molecule has 1 aliphatic heterocycles. The number of carbonyl (C=O) groups excluding carboxylic acids is 2. The Hall–Kier alpha value is -2.31. The maximum Gasteiger partial charge on any atom is 0.336 e. The van der Waals surface area contributed by atoms with Crippen molar-refractivity contribution in [3.8, 4) is 0 Å². The van der Waals surface area contributed by atoms with Gasteiger partial charge in [0.15, 0.2) is 0 Å². The average molecular weight is 407 g/mol. The minimum atomic E-state index is -0.672. The molecule has 1 unspecified atom stereocenters. The Kier molecular flexibility index (Phi) is 8.08. The van der Waals surface area contributed by atoms with Crippen LogP contribution in [0, 0.1) is 0 Å². The van der Waals surface area contributed by atoms with Crippen LogP contribution in [0.3, 0.4) is 0 Å². The zero-order valence-corrected chi connectivity index (χ0v) is 17.3. The quantitative estimate of drug-likeness (QED) is 0.507. The molecular formula is C21H27ClN2O4. The van der Waals surface area contributed by atoms with Crippen molar-refractivity contribution in [2.75, 3.05) is 20.3 Å². The van der Waals surface area contributed by atoms with E-state index in [1.165, 1.54) is 7.11 Å². The molecule has 1 atom stereocenters. The molecule has 0 radical (unpaired) electrons. The number of hydrogen-bond donors (Lipinski definition) is 2. The topological polar surface area (TPSA) is 90.6 Å². The number of methoxy groups -OCH3 is 1. The van der Waals surface area contributed by atoms with Gasteiger partial charge in [-0.3, -0.25) is 0 Å². The average Bonchev–Trinajstić information content (AvgIpc) is 2.67. The van der Waals surface area contributed by atoms with E-state index in [4.69, 9.17) is 26.8 Å². The van der Waals surface area contributed by atoms with Crippen LogP contribution in [-0.2, 0) is 19.1 Å². The number of rotatable bonds is 8. The van der Waals surface area contributed by atoms with Crippen molar-refractivity contribution in [1.29, 1.82) is 0 Å². The van der Waals surface area contributed by atoms with Gasteiger partial charge in [0.25, 0.3) is 0 Å². The predicted molar refractivity (Wildman–Crippen MR) is 109 cm³/mol. The highest BCUT2D eigenvalue weighted by atomic mass is 35.5. The second kappa shape index (κ2) is 10.3. The van der Waals surface area contributed by atoms with E-state index in [0.29, 0.717) is 40.4 Å². The molecule has 152 valence electrons. The van der Waals surface area contributed by atoms with Gasteiger partial charge in [-0.1, -0.05) is 29.8 Å². The first-order valence-electron chi connectivity index (χ1n) is 9.36. The number of unbranched alkanes of at least 4 members (excludes halogenated alkanes) is 1. The fraction of sp³-hybridized carbons (Fsp3) is 0.429. The number of hydrogen-bond acceptors (Lipinski definition) is 6. The molecule has 3 N–H and O–H groups in total. The first kappa shape index (κ1) is 22.0. The molecule has 2 rings (SSSR count). The number of nitrogens with two attached hydrogens (primary N) is 1. The summed E-state index contributed by atoms with van der Waals surface area (Å²) in [5.74, 6) is -1.66. The van der Waals surface area contributed by atoms with E-state index in [2.05, 4.69) is 5.32 Å². The molecule has 6 nitrogen and oxygen atoms in total. The monoisotopic (exact) mass is 406 g/mol. The Labute approximate surface area is 170 Å². The Morgan fingerprint density at radius 2 is 1.89 bits per heavy atom. The van der Waals surface area contributed by atoms with Gasteiger partial charge in [0.2, 0.25) is 0 Å². The van der Waals surface area contributed by atoms with Crippen LogP contribution in [0.1, 0.15) is 44.6 Å². The third-order valence-corrected chi connectivity index (χ3v) is 4.99. The lowest BCUT2D eigenvalue weighted by Crippen LogP contribution is -2.33. The first-order valence-corrected chi connectivity index (χ1v) is 9.74. The highest BCUT2D eigenvalue weighted by Crippen LogP contribution is 2.42. The molecule has 1 aromatic carbocycles. The lowest BCUT2D eigenvalue weighted by atomic mass is 9.79. The van der Waals surface area contributed by atoms with Crippen molar-refractivity contribution < 1.29 is 19.1 Å². The summed E-state index contributed by atoms with van der Waals surface area (Å²) in [7, 11) is 1.32. The molecule has 0 bridgehead atoms. The second-order valence-corrected chi connectivity index (χ2v) is 6.88. The number of dihydropyridines is 1. The molecule has 0 aliphatic carbocycles. The van der Waals surface area contributed by atoms with Gasteiger partial charge in [-0.2, -0.15) is 0 Å². The van der Waals surface area contributed by atoms with Crippen LogP contribution in [0.15, 0.2) is 46.8 Å². The van der Waals surface area contributed by atoms with E-state index in [-0.39, 0.29) is 6.61 Å². The SMILES string of the molecule is CCOC(=O)C1=C(CCCCN)NC(C)=C(C(=O)OC)C1c1ccccc1Cl. The number of halogens is 1. The summed E-state index contributed by atoms with van der Waals surface area (Å²) < 4.78 is 10.3. The molecular weight excluding hydrogens is 380 g/mol. The van der Waals surface area contributed by atoms with Gasteiger partial charge in [0.1, 0.15) is 0 Å². The molecule has 0 saturated carbocycles. The van der Waals surface area contributed by atoms with Gasteiger partial charge in [0, 0.05) is 16.4 Å². The fourth-order valence-corrected chi connectivity index (χ4v) is 3.64. The number of benzene rings is 1. The smallest absolute Gasteiger partial charge is 0.336 e. The summed E-state index contributed by atoms with van der Waals surface area (Å²) in [5.41, 5.74) is 8.36. The maximum absolute atomic E-state index is 12.9. The third-order valence-electron chi connectivity index (χ3n) is 4.64. The predicted octanol–water partition coefficient (Wildman–Crippen LogP) is 3.42. The third kappa shape index (κ3) is 4.75. The van der Waals surface area contributed by atoms with Crippen LogP contribution in [-0.4, -0.2) is 32.2 Å². The van der Waals surface area contributed by atoms with E-state index < -0.39 is 17.9 Å². The summed E-state index contributed by atoms with van der Waals surface area (Å²) in [6.07, 6.45) is 2.24. The number of esters is 2. The lowest BCUT2D eigenvalue weighted by Gasteiger charge is -2.32. The van der Waals surface area contributed by atoms with Crippen LogP contribution in [0.25, 0.3) is 0 Å². The fourth-order valence-electron chi connectivity index (χ4n) is 3.39. The molecule has 0 amide bonds. The van der Waals surface area contributed by atoms with Crippen LogP contribution >= 0.6 is 11.6 Å². The first-order chi connectivity index (χ1) is 13.5. The summed E-state index contributed by atoms with van der Waals surface area (Å²) in [4.78, 5) is 25.5. The van der Waals surface area contributed by atoms with E-state index in [1.807, 2.05) is 12.1 Å². The van der Waals surface area contributed by atoms with Crippen molar-refractivity contribution in [2.24, 2.45) is 5.73 Å². The van der Waals surface area contributed by atoms with Crippen LogP contribution in [0.4, 0.5) is 0 Å². The summed E-state index contributed by atoms with van der Waals surface area (Å²) in [5, 5.41) is 3.69. The van der Waals surface area contributed by atoms with Gasteiger partial charge in [-0.15, -0.1) is 0 Å². The summed E-state index contributed by atoms with van der Waals surface area (Å²) in [6, 6.07) is 7.17. The van der Waals surface area contributed by atoms with Gasteiger partial charge >= 0.3 is 11.9 Å². The largest absolute Gasteiger partial charge is 0.466 e. The van der Waals surface area contributed by atoms with Crippen LogP contribution in [0.2, 0.25) is 5.02 Å². The van der Waals surface area contributed by atoms with Gasteiger partial charge in [-0.05, 0) is 51.3 Å². The molecule has 1 aliphatic rings. The number of carbonyl (C=O) groups is 2.